The molecule has 0 aliphatic heterocycles. The largest absolute Gasteiger partial charge is 0.271 e. The number of aryl methyl sites for hydroxylation is 1. The fourth-order valence-electron chi connectivity index (χ4n) is 2.33. The molecule has 0 amide bonds. The lowest BCUT2D eigenvalue weighted by molar-refractivity contribution is 0.508. The molecule has 3 aromatic rings. The highest BCUT2D eigenvalue weighted by Gasteiger charge is 2.22. The zero-order valence-corrected chi connectivity index (χ0v) is 15.1. The Morgan fingerprint density at radius 3 is 2.35 bits per heavy atom. The quantitative estimate of drug-likeness (QED) is 0.526. The van der Waals surface area contributed by atoms with Crippen LogP contribution in [-0.2, 0) is 16.6 Å². The van der Waals surface area contributed by atoms with Gasteiger partial charge in [-0.05, 0) is 42.7 Å². The van der Waals surface area contributed by atoms with Gasteiger partial charge in [0.25, 0.3) is 10.0 Å². The van der Waals surface area contributed by atoms with Crippen LogP contribution in [0.25, 0.3) is 0 Å². The van der Waals surface area contributed by atoms with Crippen LogP contribution in [0.1, 0.15) is 16.7 Å². The molecule has 2 aromatic carbocycles. The van der Waals surface area contributed by atoms with E-state index in [9.17, 15) is 8.42 Å². The Balaban J connectivity index is 1.99. The number of aromatic nitrogens is 1. The van der Waals surface area contributed by atoms with Gasteiger partial charge in [-0.25, -0.2) is 12.7 Å². The summed E-state index contributed by atoms with van der Waals surface area (Å²) >= 11 is 0. The highest BCUT2D eigenvalue weighted by atomic mass is 32.2. The number of sulfonamides is 1. The van der Waals surface area contributed by atoms with E-state index in [1.54, 1.807) is 48.8 Å². The molecule has 0 atom stereocenters. The zero-order chi connectivity index (χ0) is 18.4. The second kappa shape index (κ2) is 7.85. The van der Waals surface area contributed by atoms with Gasteiger partial charge in [-0.15, -0.1) is 0 Å². The third kappa shape index (κ3) is 4.29. The SMILES string of the molecule is Cc1ccc(S(=O)(=O)N(C#Cc2cccnc2)Cc2ccccc2)cc1. The molecule has 0 N–H and O–H groups in total. The molecule has 0 saturated heterocycles. The van der Waals surface area contributed by atoms with Gasteiger partial charge in [-0.1, -0.05) is 48.0 Å². The lowest BCUT2D eigenvalue weighted by atomic mass is 10.2. The van der Waals surface area contributed by atoms with E-state index in [2.05, 4.69) is 16.9 Å². The fourth-order valence-corrected chi connectivity index (χ4v) is 3.55. The summed E-state index contributed by atoms with van der Waals surface area (Å²) in [6.07, 6.45) is 3.25. The molecule has 0 unspecified atom stereocenters. The lowest BCUT2D eigenvalue weighted by Gasteiger charge is -2.18. The normalized spacial score (nSPS) is 10.7. The van der Waals surface area contributed by atoms with Crippen LogP contribution in [0.15, 0.2) is 84.0 Å². The monoisotopic (exact) mass is 362 g/mol. The summed E-state index contributed by atoms with van der Waals surface area (Å²) in [7, 11) is -3.75. The maximum atomic E-state index is 13.1. The van der Waals surface area contributed by atoms with Crippen molar-refractivity contribution in [3.8, 4) is 12.0 Å². The van der Waals surface area contributed by atoms with Gasteiger partial charge in [0.1, 0.15) is 0 Å². The minimum absolute atomic E-state index is 0.171. The fraction of sp³-hybridized carbons (Fsp3) is 0.0952. The van der Waals surface area contributed by atoms with Crippen LogP contribution in [0.2, 0.25) is 0 Å². The first-order valence-corrected chi connectivity index (χ1v) is 9.55. The Morgan fingerprint density at radius 2 is 1.69 bits per heavy atom. The number of nitrogens with zero attached hydrogens (tertiary/aromatic N) is 2. The van der Waals surface area contributed by atoms with Crippen LogP contribution < -0.4 is 0 Å². The molecule has 26 heavy (non-hydrogen) atoms. The van der Waals surface area contributed by atoms with Crippen LogP contribution in [0, 0.1) is 18.9 Å². The molecule has 0 aliphatic rings. The highest BCUT2D eigenvalue weighted by molar-refractivity contribution is 7.89. The van der Waals surface area contributed by atoms with Crippen LogP contribution in [0.4, 0.5) is 0 Å². The average molecular weight is 362 g/mol. The molecule has 3 rings (SSSR count). The van der Waals surface area contributed by atoms with Crippen molar-refractivity contribution in [1.82, 2.24) is 9.29 Å². The second-order valence-electron chi connectivity index (χ2n) is 5.79. The summed E-state index contributed by atoms with van der Waals surface area (Å²) in [5.41, 5.74) is 2.52. The van der Waals surface area contributed by atoms with Gasteiger partial charge < -0.3 is 0 Å². The minimum Gasteiger partial charge on any atom is -0.263 e. The van der Waals surface area contributed by atoms with Crippen LogP contribution in [0.5, 0.6) is 0 Å². The maximum Gasteiger partial charge on any atom is 0.271 e. The smallest absolute Gasteiger partial charge is 0.263 e. The second-order valence-corrected chi connectivity index (χ2v) is 7.65. The first kappa shape index (κ1) is 17.7. The summed E-state index contributed by atoms with van der Waals surface area (Å²) in [6.45, 7) is 2.09. The third-order valence-electron chi connectivity index (χ3n) is 3.76. The molecular formula is C21H18N2O2S. The van der Waals surface area contributed by atoms with Crippen molar-refractivity contribution in [1.29, 1.82) is 0 Å². The van der Waals surface area contributed by atoms with E-state index in [1.807, 2.05) is 37.3 Å². The number of benzene rings is 2. The summed E-state index contributed by atoms with van der Waals surface area (Å²) < 4.78 is 27.3. The summed E-state index contributed by atoms with van der Waals surface area (Å²) in [6, 6.07) is 22.5. The van der Waals surface area contributed by atoms with Gasteiger partial charge in [0.05, 0.1) is 11.4 Å². The zero-order valence-electron chi connectivity index (χ0n) is 14.3. The molecule has 0 spiro atoms. The van der Waals surface area contributed by atoms with Gasteiger partial charge in [0.15, 0.2) is 0 Å². The summed E-state index contributed by atoms with van der Waals surface area (Å²) in [4.78, 5) is 4.23. The van der Waals surface area contributed by atoms with Crippen molar-refractivity contribution < 1.29 is 8.42 Å². The third-order valence-corrected chi connectivity index (χ3v) is 5.43. The van der Waals surface area contributed by atoms with Crippen LogP contribution >= 0.6 is 0 Å². The van der Waals surface area contributed by atoms with E-state index in [4.69, 9.17) is 0 Å². The van der Waals surface area contributed by atoms with Crippen LogP contribution in [-0.4, -0.2) is 17.7 Å². The van der Waals surface area contributed by atoms with Gasteiger partial charge in [0.2, 0.25) is 0 Å². The van der Waals surface area contributed by atoms with Crippen molar-refractivity contribution in [3.05, 3.63) is 95.8 Å². The first-order chi connectivity index (χ1) is 12.6. The first-order valence-electron chi connectivity index (χ1n) is 8.11. The molecule has 130 valence electrons. The molecule has 4 nitrogen and oxygen atoms in total. The van der Waals surface area contributed by atoms with Crippen molar-refractivity contribution in [2.24, 2.45) is 0 Å². The van der Waals surface area contributed by atoms with Gasteiger partial charge >= 0.3 is 0 Å². The van der Waals surface area contributed by atoms with E-state index < -0.39 is 10.0 Å². The number of hydrogen-bond acceptors (Lipinski definition) is 3. The van der Waals surface area contributed by atoms with Crippen molar-refractivity contribution >= 4 is 10.0 Å². The number of rotatable bonds is 4. The molecule has 0 fully saturated rings. The van der Waals surface area contributed by atoms with Crippen molar-refractivity contribution in [2.75, 3.05) is 0 Å². The Bertz CT molecular complexity index is 1020. The van der Waals surface area contributed by atoms with Gasteiger partial charge in [-0.2, -0.15) is 0 Å². The van der Waals surface area contributed by atoms with Gasteiger partial charge in [-0.3, -0.25) is 4.98 Å². The van der Waals surface area contributed by atoms with Crippen LogP contribution in [0.3, 0.4) is 0 Å². The van der Waals surface area contributed by atoms with E-state index in [-0.39, 0.29) is 11.4 Å². The summed E-state index contributed by atoms with van der Waals surface area (Å²) in [5, 5.41) is 0. The Morgan fingerprint density at radius 1 is 0.962 bits per heavy atom. The Hall–Kier alpha value is -3.10. The molecule has 5 heteroatoms. The number of hydrogen-bond donors (Lipinski definition) is 0. The summed E-state index contributed by atoms with van der Waals surface area (Å²) in [5.74, 6) is 2.89. The van der Waals surface area contributed by atoms with Crippen molar-refractivity contribution in [3.63, 3.8) is 0 Å². The van der Waals surface area contributed by atoms with E-state index in [0.717, 1.165) is 11.1 Å². The molecule has 0 radical (unpaired) electrons. The maximum absolute atomic E-state index is 13.1. The van der Waals surface area contributed by atoms with Crippen molar-refractivity contribution in [2.45, 2.75) is 18.4 Å². The molecule has 0 aliphatic carbocycles. The minimum atomic E-state index is -3.75. The number of pyridine rings is 1. The predicted molar refractivity (Wildman–Crippen MR) is 101 cm³/mol. The Labute approximate surface area is 154 Å². The van der Waals surface area contributed by atoms with Gasteiger partial charge in [0, 0.05) is 24.0 Å². The standard InChI is InChI=1S/C21H18N2O2S/c1-18-9-11-21(12-10-18)26(24,25)23(17-20-6-3-2-4-7-20)15-13-19-8-5-14-22-16-19/h2-12,14,16H,17H2,1H3. The lowest BCUT2D eigenvalue weighted by Crippen LogP contribution is -2.26. The molecule has 0 saturated carbocycles. The molecular weight excluding hydrogens is 344 g/mol. The molecule has 1 heterocycles. The highest BCUT2D eigenvalue weighted by Crippen LogP contribution is 2.18. The average Bonchev–Trinajstić information content (AvgIpc) is 2.67. The Kier molecular flexibility index (Phi) is 5.35. The van der Waals surface area contributed by atoms with E-state index >= 15 is 0 Å². The van der Waals surface area contributed by atoms with E-state index in [0.29, 0.717) is 5.56 Å². The predicted octanol–water partition coefficient (Wildman–Crippen LogP) is 3.59. The molecule has 0 bridgehead atoms. The van der Waals surface area contributed by atoms with E-state index in [1.165, 1.54) is 4.31 Å². The molecule has 1 aromatic heterocycles. The topological polar surface area (TPSA) is 50.3 Å².